The molecule has 0 spiro atoms. The fraction of sp³-hybridized carbons (Fsp3) is 0.867. The van der Waals surface area contributed by atoms with Crippen LogP contribution >= 0.6 is 0 Å². The Bertz CT molecular complexity index is 362. The van der Waals surface area contributed by atoms with Gasteiger partial charge in [0.15, 0.2) is 0 Å². The minimum atomic E-state index is -1.05. The van der Waals surface area contributed by atoms with Crippen molar-refractivity contribution in [1.29, 1.82) is 0 Å². The predicted octanol–water partition coefficient (Wildman–Crippen LogP) is 2.75. The first kappa shape index (κ1) is 15.1. The Morgan fingerprint density at radius 1 is 1.10 bits per heavy atom. The molecule has 1 aliphatic heterocycles. The summed E-state index contributed by atoms with van der Waals surface area (Å²) in [5, 5.41) is 12.5. The molecule has 1 aliphatic carbocycles. The zero-order valence-electron chi connectivity index (χ0n) is 12.4. The Hall–Kier alpha value is -1.26. The predicted molar refractivity (Wildman–Crippen MR) is 76.6 cm³/mol. The van der Waals surface area contributed by atoms with E-state index in [1.165, 1.54) is 0 Å². The van der Waals surface area contributed by atoms with Crippen LogP contribution in [0.25, 0.3) is 0 Å². The highest BCUT2D eigenvalue weighted by molar-refractivity contribution is 5.86. The molecule has 1 unspecified atom stereocenters. The summed E-state index contributed by atoms with van der Waals surface area (Å²) in [5.74, 6) is -0.877. The lowest BCUT2D eigenvalue weighted by molar-refractivity contribution is -0.145. The number of carbonyl (C=O) groups excluding carboxylic acids is 1. The average molecular weight is 282 g/mol. The molecule has 2 fully saturated rings. The SMILES string of the molecule is CC1CCCCN1C(=O)NC1(C(=O)O)CCCCCC1. The van der Waals surface area contributed by atoms with E-state index >= 15 is 0 Å². The number of carbonyl (C=O) groups is 2. The van der Waals surface area contributed by atoms with E-state index in [4.69, 9.17) is 0 Å². The molecule has 2 rings (SSSR count). The van der Waals surface area contributed by atoms with Gasteiger partial charge in [0.25, 0.3) is 0 Å². The molecule has 2 aliphatic rings. The summed E-state index contributed by atoms with van der Waals surface area (Å²) in [5.41, 5.74) is -1.05. The highest BCUT2D eigenvalue weighted by Gasteiger charge is 2.41. The molecule has 2 amide bonds. The summed E-state index contributed by atoms with van der Waals surface area (Å²) in [6, 6.07) is 0.0156. The molecule has 1 saturated carbocycles. The molecular weight excluding hydrogens is 256 g/mol. The van der Waals surface area contributed by atoms with E-state index < -0.39 is 11.5 Å². The quantitative estimate of drug-likeness (QED) is 0.765. The van der Waals surface area contributed by atoms with Crippen LogP contribution in [0.3, 0.4) is 0 Å². The Morgan fingerprint density at radius 2 is 1.75 bits per heavy atom. The summed E-state index contributed by atoms with van der Waals surface area (Å²) in [4.78, 5) is 26.0. The third-order valence-electron chi connectivity index (χ3n) is 4.78. The summed E-state index contributed by atoms with van der Waals surface area (Å²) in [7, 11) is 0. The van der Waals surface area contributed by atoms with Crippen LogP contribution in [0.5, 0.6) is 0 Å². The molecule has 0 radical (unpaired) electrons. The van der Waals surface area contributed by atoms with Crippen molar-refractivity contribution in [2.75, 3.05) is 6.54 Å². The van der Waals surface area contributed by atoms with Crippen LogP contribution in [0.2, 0.25) is 0 Å². The van der Waals surface area contributed by atoms with Crippen LogP contribution in [-0.4, -0.2) is 40.1 Å². The van der Waals surface area contributed by atoms with Gasteiger partial charge >= 0.3 is 12.0 Å². The summed E-state index contributed by atoms with van der Waals surface area (Å²) >= 11 is 0. The molecule has 1 atom stereocenters. The number of amides is 2. The molecule has 1 heterocycles. The van der Waals surface area contributed by atoms with Gasteiger partial charge in [-0.15, -0.1) is 0 Å². The van der Waals surface area contributed by atoms with Crippen molar-refractivity contribution in [1.82, 2.24) is 10.2 Å². The number of carboxylic acid groups (broad SMARTS) is 1. The summed E-state index contributed by atoms with van der Waals surface area (Å²) < 4.78 is 0. The van der Waals surface area contributed by atoms with Crippen molar-refractivity contribution >= 4 is 12.0 Å². The van der Waals surface area contributed by atoms with Gasteiger partial charge in [-0.1, -0.05) is 25.7 Å². The second-order valence-electron chi connectivity index (χ2n) is 6.27. The second kappa shape index (κ2) is 6.46. The average Bonchev–Trinajstić information content (AvgIpc) is 2.65. The second-order valence-corrected chi connectivity index (χ2v) is 6.27. The maximum Gasteiger partial charge on any atom is 0.329 e. The molecular formula is C15H26N2O3. The smallest absolute Gasteiger partial charge is 0.329 e. The monoisotopic (exact) mass is 282 g/mol. The first-order valence-electron chi connectivity index (χ1n) is 7.87. The number of hydrogen-bond donors (Lipinski definition) is 2. The van der Waals surface area contributed by atoms with E-state index in [9.17, 15) is 14.7 Å². The maximum atomic E-state index is 12.5. The van der Waals surface area contributed by atoms with Crippen molar-refractivity contribution in [2.24, 2.45) is 0 Å². The Morgan fingerprint density at radius 3 is 2.30 bits per heavy atom. The Balaban J connectivity index is 2.07. The van der Waals surface area contributed by atoms with E-state index in [0.717, 1.165) is 51.5 Å². The van der Waals surface area contributed by atoms with Gasteiger partial charge in [0.1, 0.15) is 5.54 Å². The number of nitrogens with zero attached hydrogens (tertiary/aromatic N) is 1. The minimum Gasteiger partial charge on any atom is -0.480 e. The van der Waals surface area contributed by atoms with Crippen LogP contribution in [0.1, 0.15) is 64.7 Å². The number of hydrogen-bond acceptors (Lipinski definition) is 2. The van der Waals surface area contributed by atoms with E-state index in [2.05, 4.69) is 5.32 Å². The first-order valence-corrected chi connectivity index (χ1v) is 7.87. The van der Waals surface area contributed by atoms with Gasteiger partial charge in [-0.05, 0) is 39.0 Å². The van der Waals surface area contributed by atoms with Crippen LogP contribution in [0.15, 0.2) is 0 Å². The highest BCUT2D eigenvalue weighted by atomic mass is 16.4. The van der Waals surface area contributed by atoms with Gasteiger partial charge in [-0.3, -0.25) is 0 Å². The molecule has 20 heavy (non-hydrogen) atoms. The lowest BCUT2D eigenvalue weighted by Crippen LogP contribution is -2.59. The van der Waals surface area contributed by atoms with E-state index in [1.807, 2.05) is 6.92 Å². The molecule has 0 aromatic carbocycles. The topological polar surface area (TPSA) is 69.6 Å². The van der Waals surface area contributed by atoms with Crippen LogP contribution < -0.4 is 5.32 Å². The van der Waals surface area contributed by atoms with Gasteiger partial charge < -0.3 is 15.3 Å². The Labute approximate surface area is 120 Å². The van der Waals surface area contributed by atoms with Crippen LogP contribution in [0.4, 0.5) is 4.79 Å². The zero-order valence-corrected chi connectivity index (χ0v) is 12.4. The van der Waals surface area contributed by atoms with Crippen molar-refractivity contribution in [3.05, 3.63) is 0 Å². The normalized spacial score (nSPS) is 26.6. The lowest BCUT2D eigenvalue weighted by atomic mass is 9.90. The van der Waals surface area contributed by atoms with Gasteiger partial charge in [-0.2, -0.15) is 0 Å². The van der Waals surface area contributed by atoms with E-state index in [0.29, 0.717) is 12.8 Å². The maximum absolute atomic E-state index is 12.5. The lowest BCUT2D eigenvalue weighted by Gasteiger charge is -2.37. The number of rotatable bonds is 2. The van der Waals surface area contributed by atoms with Crippen molar-refractivity contribution < 1.29 is 14.7 Å². The van der Waals surface area contributed by atoms with Crippen molar-refractivity contribution in [3.63, 3.8) is 0 Å². The summed E-state index contributed by atoms with van der Waals surface area (Å²) in [6.07, 6.45) is 8.15. The van der Waals surface area contributed by atoms with Crippen LogP contribution in [0, 0.1) is 0 Å². The molecule has 1 saturated heterocycles. The van der Waals surface area contributed by atoms with Gasteiger partial charge in [-0.25, -0.2) is 9.59 Å². The Kier molecular flexibility index (Phi) is 4.89. The fourth-order valence-corrected chi connectivity index (χ4v) is 3.40. The molecule has 5 nitrogen and oxygen atoms in total. The van der Waals surface area contributed by atoms with Crippen molar-refractivity contribution in [3.8, 4) is 0 Å². The van der Waals surface area contributed by atoms with Gasteiger partial charge in [0, 0.05) is 12.6 Å². The fourth-order valence-electron chi connectivity index (χ4n) is 3.40. The van der Waals surface area contributed by atoms with Crippen molar-refractivity contribution in [2.45, 2.75) is 76.3 Å². The van der Waals surface area contributed by atoms with Gasteiger partial charge in [0.2, 0.25) is 0 Å². The van der Waals surface area contributed by atoms with E-state index in [-0.39, 0.29) is 12.1 Å². The third kappa shape index (κ3) is 3.25. The molecule has 114 valence electrons. The number of likely N-dealkylation sites (tertiary alicyclic amines) is 1. The first-order chi connectivity index (χ1) is 9.55. The number of nitrogens with one attached hydrogen (secondary N) is 1. The number of piperidine rings is 1. The minimum absolute atomic E-state index is 0.193. The van der Waals surface area contributed by atoms with Gasteiger partial charge in [0.05, 0.1) is 0 Å². The third-order valence-corrected chi connectivity index (χ3v) is 4.78. The molecule has 2 N–H and O–H groups in total. The standard InChI is InChI=1S/C15H26N2O3/c1-12-8-4-7-11-17(12)14(20)16-15(13(18)19)9-5-2-3-6-10-15/h12H,2-11H2,1H3,(H,16,20)(H,18,19). The molecule has 0 aromatic rings. The number of urea groups is 1. The molecule has 0 bridgehead atoms. The molecule has 5 heteroatoms. The van der Waals surface area contributed by atoms with Crippen LogP contribution in [-0.2, 0) is 4.79 Å². The zero-order chi connectivity index (χ0) is 14.6. The number of carboxylic acids is 1. The molecule has 0 aromatic heterocycles. The summed E-state index contributed by atoms with van der Waals surface area (Å²) in [6.45, 7) is 2.78. The number of aliphatic carboxylic acids is 1. The van der Waals surface area contributed by atoms with E-state index in [1.54, 1.807) is 4.90 Å². The largest absolute Gasteiger partial charge is 0.480 e. The highest BCUT2D eigenvalue weighted by Crippen LogP contribution is 2.28.